The first-order valence-corrected chi connectivity index (χ1v) is 6.25. The van der Waals surface area contributed by atoms with Gasteiger partial charge in [-0.05, 0) is 36.3 Å². The Bertz CT molecular complexity index is 675. The molecule has 6 heteroatoms. The molecule has 21 heavy (non-hydrogen) atoms. The van der Waals surface area contributed by atoms with Crippen molar-refractivity contribution in [3.05, 3.63) is 59.0 Å². The number of hydrogen-bond acceptors (Lipinski definition) is 4. The Kier molecular flexibility index (Phi) is 4.50. The number of carboxylic acids is 1. The van der Waals surface area contributed by atoms with Crippen LogP contribution in [0.2, 0.25) is 0 Å². The van der Waals surface area contributed by atoms with Crippen LogP contribution in [0.4, 0.5) is 0 Å². The molecule has 1 heterocycles. The third-order valence-electron chi connectivity index (χ3n) is 2.85. The SMILES string of the molecule is Cc1cc(C(=O)NCc2ccno2)ccc1/C=C/C(=O)O. The third kappa shape index (κ3) is 4.04. The van der Waals surface area contributed by atoms with Crippen molar-refractivity contribution in [3.63, 3.8) is 0 Å². The van der Waals surface area contributed by atoms with Crippen molar-refractivity contribution in [2.24, 2.45) is 0 Å². The predicted octanol–water partition coefficient (Wildman–Crippen LogP) is 2.01. The number of benzene rings is 1. The molecule has 0 fully saturated rings. The van der Waals surface area contributed by atoms with Crippen LogP contribution in [0.1, 0.15) is 27.2 Å². The Labute approximate surface area is 121 Å². The fraction of sp³-hybridized carbons (Fsp3) is 0.133. The summed E-state index contributed by atoms with van der Waals surface area (Å²) in [7, 11) is 0. The van der Waals surface area contributed by atoms with E-state index in [-0.39, 0.29) is 12.5 Å². The summed E-state index contributed by atoms with van der Waals surface area (Å²) in [5.74, 6) is -0.673. The van der Waals surface area contributed by atoms with Crippen LogP contribution >= 0.6 is 0 Å². The first-order valence-electron chi connectivity index (χ1n) is 6.25. The normalized spacial score (nSPS) is 10.7. The van der Waals surface area contributed by atoms with Crippen molar-refractivity contribution in [3.8, 4) is 0 Å². The zero-order valence-corrected chi connectivity index (χ0v) is 11.4. The van der Waals surface area contributed by atoms with E-state index in [1.165, 1.54) is 12.3 Å². The van der Waals surface area contributed by atoms with E-state index >= 15 is 0 Å². The fourth-order valence-corrected chi connectivity index (χ4v) is 1.77. The van der Waals surface area contributed by atoms with E-state index in [1.807, 2.05) is 6.92 Å². The molecule has 0 saturated heterocycles. The van der Waals surface area contributed by atoms with Gasteiger partial charge in [0.2, 0.25) is 0 Å². The van der Waals surface area contributed by atoms with Crippen LogP contribution in [0.25, 0.3) is 6.08 Å². The van der Waals surface area contributed by atoms with E-state index in [0.717, 1.165) is 17.2 Å². The summed E-state index contributed by atoms with van der Waals surface area (Å²) < 4.78 is 4.89. The van der Waals surface area contributed by atoms with Crippen molar-refractivity contribution < 1.29 is 19.2 Å². The minimum atomic E-state index is -1.01. The first-order chi connectivity index (χ1) is 10.1. The second-order valence-corrected chi connectivity index (χ2v) is 4.40. The summed E-state index contributed by atoms with van der Waals surface area (Å²) in [5.41, 5.74) is 2.07. The van der Waals surface area contributed by atoms with Gasteiger partial charge in [0.1, 0.15) is 0 Å². The van der Waals surface area contributed by atoms with E-state index in [9.17, 15) is 9.59 Å². The van der Waals surface area contributed by atoms with Gasteiger partial charge in [-0.15, -0.1) is 0 Å². The molecule has 0 spiro atoms. The maximum atomic E-state index is 12.0. The number of amides is 1. The van der Waals surface area contributed by atoms with Gasteiger partial charge >= 0.3 is 5.97 Å². The first kappa shape index (κ1) is 14.5. The van der Waals surface area contributed by atoms with Crippen molar-refractivity contribution in [1.29, 1.82) is 0 Å². The molecule has 1 aromatic heterocycles. The molecular weight excluding hydrogens is 272 g/mol. The highest BCUT2D eigenvalue weighted by Crippen LogP contribution is 2.13. The van der Waals surface area contributed by atoms with Crippen LogP contribution in [0.5, 0.6) is 0 Å². The molecule has 0 saturated carbocycles. The van der Waals surface area contributed by atoms with Crippen LogP contribution in [0, 0.1) is 6.92 Å². The smallest absolute Gasteiger partial charge is 0.328 e. The quantitative estimate of drug-likeness (QED) is 0.820. The lowest BCUT2D eigenvalue weighted by atomic mass is 10.0. The molecule has 6 nitrogen and oxygen atoms in total. The van der Waals surface area contributed by atoms with Crippen molar-refractivity contribution in [2.75, 3.05) is 0 Å². The summed E-state index contributed by atoms with van der Waals surface area (Å²) in [6.07, 6.45) is 4.06. The third-order valence-corrected chi connectivity index (χ3v) is 2.85. The van der Waals surface area contributed by atoms with Crippen LogP contribution in [0.15, 0.2) is 41.1 Å². The van der Waals surface area contributed by atoms with Crippen molar-refractivity contribution >= 4 is 18.0 Å². The summed E-state index contributed by atoms with van der Waals surface area (Å²) >= 11 is 0. The monoisotopic (exact) mass is 286 g/mol. The lowest BCUT2D eigenvalue weighted by Gasteiger charge is -2.06. The minimum Gasteiger partial charge on any atom is -0.478 e. The average Bonchev–Trinajstić information content (AvgIpc) is 2.96. The maximum Gasteiger partial charge on any atom is 0.328 e. The molecule has 1 amide bonds. The molecule has 0 radical (unpaired) electrons. The number of carbonyl (C=O) groups excluding carboxylic acids is 1. The topological polar surface area (TPSA) is 92.4 Å². The maximum absolute atomic E-state index is 12.0. The number of nitrogens with zero attached hydrogens (tertiary/aromatic N) is 1. The Morgan fingerprint density at radius 3 is 2.81 bits per heavy atom. The van der Waals surface area contributed by atoms with Crippen LogP contribution in [-0.4, -0.2) is 22.1 Å². The molecule has 0 aliphatic carbocycles. The number of aromatic nitrogens is 1. The van der Waals surface area contributed by atoms with Gasteiger partial charge in [0, 0.05) is 17.7 Å². The second kappa shape index (κ2) is 6.51. The molecule has 2 N–H and O–H groups in total. The van der Waals surface area contributed by atoms with Crippen molar-refractivity contribution in [1.82, 2.24) is 10.5 Å². The minimum absolute atomic E-state index is 0.233. The van der Waals surface area contributed by atoms with Gasteiger partial charge in [-0.1, -0.05) is 11.2 Å². The second-order valence-electron chi connectivity index (χ2n) is 4.40. The largest absolute Gasteiger partial charge is 0.478 e. The number of rotatable bonds is 5. The predicted molar refractivity (Wildman–Crippen MR) is 75.5 cm³/mol. The highest BCUT2D eigenvalue weighted by molar-refractivity contribution is 5.94. The number of carbonyl (C=O) groups is 2. The molecule has 0 aliphatic heterocycles. The van der Waals surface area contributed by atoms with E-state index < -0.39 is 5.97 Å². The summed E-state index contributed by atoms with van der Waals surface area (Å²) in [5, 5.41) is 14.9. The van der Waals surface area contributed by atoms with Gasteiger partial charge in [-0.25, -0.2) is 4.79 Å². The number of aryl methyl sites for hydroxylation is 1. The van der Waals surface area contributed by atoms with Gasteiger partial charge in [0.15, 0.2) is 5.76 Å². The van der Waals surface area contributed by atoms with Gasteiger partial charge in [-0.3, -0.25) is 4.79 Å². The van der Waals surface area contributed by atoms with Crippen LogP contribution in [0.3, 0.4) is 0 Å². The van der Waals surface area contributed by atoms with E-state index in [2.05, 4.69) is 10.5 Å². The number of nitrogens with one attached hydrogen (secondary N) is 1. The Morgan fingerprint density at radius 2 is 2.19 bits per heavy atom. The number of carboxylic acid groups (broad SMARTS) is 1. The Hall–Kier alpha value is -2.89. The van der Waals surface area contributed by atoms with Gasteiger partial charge in [0.25, 0.3) is 5.91 Å². The zero-order chi connectivity index (χ0) is 15.2. The van der Waals surface area contributed by atoms with Crippen LogP contribution < -0.4 is 5.32 Å². The van der Waals surface area contributed by atoms with Gasteiger partial charge < -0.3 is 14.9 Å². The molecule has 108 valence electrons. The van der Waals surface area contributed by atoms with E-state index in [4.69, 9.17) is 9.63 Å². The average molecular weight is 286 g/mol. The fourth-order valence-electron chi connectivity index (χ4n) is 1.77. The molecular formula is C15H14N2O4. The molecule has 2 aromatic rings. The summed E-state index contributed by atoms with van der Waals surface area (Å²) in [4.78, 5) is 22.5. The molecule has 0 unspecified atom stereocenters. The van der Waals surface area contributed by atoms with E-state index in [1.54, 1.807) is 24.3 Å². The molecule has 0 aliphatic rings. The highest BCUT2D eigenvalue weighted by atomic mass is 16.5. The highest BCUT2D eigenvalue weighted by Gasteiger charge is 2.08. The van der Waals surface area contributed by atoms with Gasteiger partial charge in [0.05, 0.1) is 12.7 Å². The molecule has 0 bridgehead atoms. The summed E-state index contributed by atoms with van der Waals surface area (Å²) in [6, 6.07) is 6.73. The molecule has 0 atom stereocenters. The lowest BCUT2D eigenvalue weighted by molar-refractivity contribution is -0.131. The molecule has 2 rings (SSSR count). The summed E-state index contributed by atoms with van der Waals surface area (Å²) in [6.45, 7) is 2.08. The Morgan fingerprint density at radius 1 is 1.38 bits per heavy atom. The number of aliphatic carboxylic acids is 1. The van der Waals surface area contributed by atoms with E-state index in [0.29, 0.717) is 11.3 Å². The standard InChI is InChI=1S/C15H14N2O4/c1-10-8-12(3-2-11(10)4-5-14(18)19)15(20)16-9-13-6-7-17-21-13/h2-8H,9H2,1H3,(H,16,20)(H,18,19)/b5-4+. The Balaban J connectivity index is 2.05. The number of hydrogen-bond donors (Lipinski definition) is 2. The van der Waals surface area contributed by atoms with Crippen molar-refractivity contribution in [2.45, 2.75) is 13.5 Å². The lowest BCUT2D eigenvalue weighted by Crippen LogP contribution is -2.22. The van der Waals surface area contributed by atoms with Gasteiger partial charge in [-0.2, -0.15) is 0 Å². The zero-order valence-electron chi connectivity index (χ0n) is 11.4. The molecule has 1 aromatic carbocycles. The van der Waals surface area contributed by atoms with Crippen LogP contribution in [-0.2, 0) is 11.3 Å².